The van der Waals surface area contributed by atoms with E-state index in [1.54, 1.807) is 4.68 Å². The molecule has 0 saturated carbocycles. The van der Waals surface area contributed by atoms with Gasteiger partial charge in [0.05, 0.1) is 35.8 Å². The van der Waals surface area contributed by atoms with E-state index < -0.39 is 0 Å². The number of nitrogens with zero attached hydrogens (tertiary/aromatic N) is 3. The number of amides is 1. The number of hydrogen-bond donors (Lipinski definition) is 1. The first-order valence-electron chi connectivity index (χ1n) is 7.07. The predicted molar refractivity (Wildman–Crippen MR) is 77.8 cm³/mol. The van der Waals surface area contributed by atoms with Crippen molar-refractivity contribution in [3.63, 3.8) is 0 Å². The van der Waals surface area contributed by atoms with E-state index in [4.69, 9.17) is 4.74 Å². The number of rotatable bonds is 3. The Bertz CT molecular complexity index is 498. The molecule has 0 aromatic carbocycles. The molecule has 1 aromatic rings. The third-order valence-electron chi connectivity index (χ3n) is 3.96. The van der Waals surface area contributed by atoms with E-state index in [1.165, 1.54) is 0 Å². The van der Waals surface area contributed by atoms with E-state index in [0.29, 0.717) is 6.61 Å². The fourth-order valence-electron chi connectivity index (χ4n) is 2.55. The van der Waals surface area contributed by atoms with Gasteiger partial charge in [0.25, 0.3) is 0 Å². The van der Waals surface area contributed by atoms with Gasteiger partial charge in [-0.25, -0.2) is 0 Å². The van der Waals surface area contributed by atoms with Gasteiger partial charge in [-0.3, -0.25) is 14.4 Å². The van der Waals surface area contributed by atoms with E-state index in [2.05, 4.69) is 15.3 Å². The Balaban J connectivity index is 2.04. The number of morpholine rings is 1. The molecule has 1 N–H and O–H groups in total. The first kappa shape index (κ1) is 15.0. The third-order valence-corrected chi connectivity index (χ3v) is 3.96. The lowest BCUT2D eigenvalue weighted by atomic mass is 10.2. The van der Waals surface area contributed by atoms with Crippen molar-refractivity contribution in [1.29, 1.82) is 0 Å². The second kappa shape index (κ2) is 5.93. The minimum atomic E-state index is -0.166. The Morgan fingerprint density at radius 3 is 2.75 bits per heavy atom. The van der Waals surface area contributed by atoms with Gasteiger partial charge in [-0.15, -0.1) is 0 Å². The summed E-state index contributed by atoms with van der Waals surface area (Å²) >= 11 is 0. The monoisotopic (exact) mass is 280 g/mol. The van der Waals surface area contributed by atoms with Gasteiger partial charge in [0.1, 0.15) is 0 Å². The van der Waals surface area contributed by atoms with Gasteiger partial charge in [-0.05, 0) is 27.7 Å². The van der Waals surface area contributed by atoms with Gasteiger partial charge in [0.15, 0.2) is 0 Å². The van der Waals surface area contributed by atoms with Crippen LogP contribution < -0.4 is 5.32 Å². The van der Waals surface area contributed by atoms with Crippen LogP contribution in [0.5, 0.6) is 0 Å². The van der Waals surface area contributed by atoms with Crippen molar-refractivity contribution < 1.29 is 9.53 Å². The first-order chi connectivity index (χ1) is 9.40. The van der Waals surface area contributed by atoms with Crippen LogP contribution in [0.15, 0.2) is 0 Å². The molecule has 0 bridgehead atoms. The molecule has 2 heterocycles. The van der Waals surface area contributed by atoms with Gasteiger partial charge in [0, 0.05) is 20.1 Å². The van der Waals surface area contributed by atoms with Crippen molar-refractivity contribution in [3.05, 3.63) is 11.4 Å². The normalized spacial score (nSPS) is 21.8. The van der Waals surface area contributed by atoms with Crippen LogP contribution in [0, 0.1) is 13.8 Å². The van der Waals surface area contributed by atoms with Gasteiger partial charge in [0.2, 0.25) is 5.91 Å². The molecule has 1 aliphatic rings. The summed E-state index contributed by atoms with van der Waals surface area (Å²) in [6, 6.07) is -0.166. The van der Waals surface area contributed by atoms with E-state index in [0.717, 1.165) is 30.2 Å². The van der Waals surface area contributed by atoms with Crippen molar-refractivity contribution in [1.82, 2.24) is 14.7 Å². The fourth-order valence-corrected chi connectivity index (χ4v) is 2.55. The predicted octanol–water partition coefficient (Wildman–Crippen LogP) is 1.08. The van der Waals surface area contributed by atoms with Crippen molar-refractivity contribution >= 4 is 11.6 Å². The molecule has 6 nitrogen and oxygen atoms in total. The topological polar surface area (TPSA) is 59.4 Å². The molecule has 1 aromatic heterocycles. The lowest BCUT2D eigenvalue weighted by Crippen LogP contribution is -2.50. The third kappa shape index (κ3) is 3.02. The minimum absolute atomic E-state index is 0.0123. The van der Waals surface area contributed by atoms with Crippen LogP contribution in [0.4, 0.5) is 5.69 Å². The average Bonchev–Trinajstić information content (AvgIpc) is 2.64. The molecule has 1 amide bonds. The molecule has 20 heavy (non-hydrogen) atoms. The highest BCUT2D eigenvalue weighted by atomic mass is 16.5. The van der Waals surface area contributed by atoms with Gasteiger partial charge in [-0.2, -0.15) is 5.10 Å². The molecule has 0 spiro atoms. The maximum absolute atomic E-state index is 12.4. The maximum atomic E-state index is 12.4. The summed E-state index contributed by atoms with van der Waals surface area (Å²) in [5, 5.41) is 7.32. The van der Waals surface area contributed by atoms with Gasteiger partial charge < -0.3 is 10.1 Å². The number of aryl methyl sites for hydroxylation is 2. The highest BCUT2D eigenvalue weighted by Crippen LogP contribution is 2.19. The molecule has 1 saturated heterocycles. The van der Waals surface area contributed by atoms with Crippen LogP contribution >= 0.6 is 0 Å². The van der Waals surface area contributed by atoms with Crippen molar-refractivity contribution in [2.24, 2.45) is 7.05 Å². The van der Waals surface area contributed by atoms with Crippen LogP contribution in [0.3, 0.4) is 0 Å². The second-order valence-corrected chi connectivity index (χ2v) is 5.51. The molecule has 1 aliphatic heterocycles. The molecular weight excluding hydrogens is 256 g/mol. The van der Waals surface area contributed by atoms with Crippen LogP contribution in [-0.2, 0) is 16.6 Å². The summed E-state index contributed by atoms with van der Waals surface area (Å²) < 4.78 is 7.30. The van der Waals surface area contributed by atoms with Crippen LogP contribution in [0.1, 0.15) is 25.2 Å². The number of ether oxygens (including phenoxy) is 1. The van der Waals surface area contributed by atoms with E-state index >= 15 is 0 Å². The summed E-state index contributed by atoms with van der Waals surface area (Å²) in [4.78, 5) is 14.6. The minimum Gasteiger partial charge on any atom is -0.376 e. The quantitative estimate of drug-likeness (QED) is 0.900. The Labute approximate surface area is 120 Å². The molecule has 1 fully saturated rings. The van der Waals surface area contributed by atoms with Gasteiger partial charge in [-0.1, -0.05) is 0 Å². The van der Waals surface area contributed by atoms with E-state index in [-0.39, 0.29) is 18.1 Å². The number of carbonyl (C=O) groups excluding carboxylic acids is 1. The largest absolute Gasteiger partial charge is 0.376 e. The van der Waals surface area contributed by atoms with Crippen LogP contribution in [-0.4, -0.2) is 52.4 Å². The van der Waals surface area contributed by atoms with E-state index in [1.807, 2.05) is 34.7 Å². The van der Waals surface area contributed by atoms with Crippen LogP contribution in [0.2, 0.25) is 0 Å². The zero-order valence-corrected chi connectivity index (χ0v) is 12.9. The summed E-state index contributed by atoms with van der Waals surface area (Å²) in [5.41, 5.74) is 2.64. The smallest absolute Gasteiger partial charge is 0.241 e. The maximum Gasteiger partial charge on any atom is 0.241 e. The summed E-state index contributed by atoms with van der Waals surface area (Å²) in [5.74, 6) is 0.0123. The highest BCUT2D eigenvalue weighted by Gasteiger charge is 2.27. The summed E-state index contributed by atoms with van der Waals surface area (Å²) in [6.45, 7) is 10.1. The number of anilines is 1. The molecular formula is C14H24N4O2. The molecule has 112 valence electrons. The lowest BCUT2D eigenvalue weighted by Gasteiger charge is -2.34. The molecule has 0 aliphatic carbocycles. The zero-order valence-electron chi connectivity index (χ0n) is 12.9. The fraction of sp³-hybridized carbons (Fsp3) is 0.714. The van der Waals surface area contributed by atoms with Crippen molar-refractivity contribution in [2.45, 2.75) is 39.8 Å². The Morgan fingerprint density at radius 1 is 1.50 bits per heavy atom. The Kier molecular flexibility index (Phi) is 4.45. The zero-order chi connectivity index (χ0) is 14.9. The van der Waals surface area contributed by atoms with Crippen LogP contribution in [0.25, 0.3) is 0 Å². The number of aromatic nitrogens is 2. The standard InChI is InChI=1S/C14H24N4O2/c1-9-8-18(6-7-20-9)12(4)14(19)15-13-10(2)16-17(5)11(13)3/h9,12H,6-8H2,1-5H3,(H,15,19). The first-order valence-corrected chi connectivity index (χ1v) is 7.07. The second-order valence-electron chi connectivity index (χ2n) is 5.51. The molecule has 6 heteroatoms. The number of carbonyl (C=O) groups is 1. The number of nitrogens with one attached hydrogen (secondary N) is 1. The SMILES string of the molecule is Cc1nn(C)c(C)c1NC(=O)C(C)N1CCOC(C)C1. The molecule has 2 unspecified atom stereocenters. The molecule has 2 rings (SSSR count). The summed E-state index contributed by atoms with van der Waals surface area (Å²) in [7, 11) is 1.88. The molecule has 0 radical (unpaired) electrons. The average molecular weight is 280 g/mol. The van der Waals surface area contributed by atoms with Crippen molar-refractivity contribution in [2.75, 3.05) is 25.0 Å². The van der Waals surface area contributed by atoms with E-state index in [9.17, 15) is 4.79 Å². The Morgan fingerprint density at radius 2 is 2.20 bits per heavy atom. The van der Waals surface area contributed by atoms with Gasteiger partial charge >= 0.3 is 0 Å². The molecule has 2 atom stereocenters. The Hall–Kier alpha value is -1.40. The summed E-state index contributed by atoms with van der Waals surface area (Å²) in [6.07, 6.45) is 0.181. The lowest BCUT2D eigenvalue weighted by molar-refractivity contribution is -0.123. The number of hydrogen-bond acceptors (Lipinski definition) is 4. The highest BCUT2D eigenvalue weighted by molar-refractivity contribution is 5.95. The van der Waals surface area contributed by atoms with Crippen molar-refractivity contribution in [3.8, 4) is 0 Å².